The Hall–Kier alpha value is -1.81. The van der Waals surface area contributed by atoms with E-state index in [9.17, 15) is 4.79 Å². The van der Waals surface area contributed by atoms with Crippen molar-refractivity contribution in [2.75, 3.05) is 0 Å². The number of rotatable bonds is 3. The molecule has 2 rings (SSSR count). The number of carboxylic acids is 1. The first-order valence-corrected chi connectivity index (χ1v) is 5.98. The van der Waals surface area contributed by atoms with Gasteiger partial charge in [-0.05, 0) is 37.6 Å². The smallest absolute Gasteiger partial charge is 0.328 e. The van der Waals surface area contributed by atoms with Crippen LogP contribution in [0.5, 0.6) is 0 Å². The number of nitrogens with zero attached hydrogens (tertiary/aromatic N) is 2. The molecule has 2 aromatic rings. The number of aliphatic carboxylic acids is 1. The van der Waals surface area contributed by atoms with Gasteiger partial charge in [-0.1, -0.05) is 11.6 Å². The predicted molar refractivity (Wildman–Crippen MR) is 71.8 cm³/mol. The molecule has 0 spiro atoms. The van der Waals surface area contributed by atoms with Crippen LogP contribution >= 0.6 is 11.6 Å². The molecule has 5 heteroatoms. The lowest BCUT2D eigenvalue weighted by atomic mass is 10.2. The summed E-state index contributed by atoms with van der Waals surface area (Å²) in [6.07, 6.45) is 2.56. The molecule has 4 nitrogen and oxygen atoms in total. The van der Waals surface area contributed by atoms with Crippen LogP contribution in [-0.2, 0) is 11.3 Å². The number of carbonyl (C=O) groups is 1. The Bertz CT molecular complexity index is 644. The molecule has 0 radical (unpaired) electrons. The second-order valence-electron chi connectivity index (χ2n) is 4.00. The normalized spacial score (nSPS) is 11.5. The molecule has 0 fully saturated rings. The van der Waals surface area contributed by atoms with Gasteiger partial charge in [0.25, 0.3) is 0 Å². The number of aromatic nitrogens is 2. The summed E-state index contributed by atoms with van der Waals surface area (Å²) in [7, 11) is 0. The minimum absolute atomic E-state index is 0.599. The molecule has 1 aromatic carbocycles. The van der Waals surface area contributed by atoms with Crippen LogP contribution < -0.4 is 0 Å². The van der Waals surface area contributed by atoms with Crippen LogP contribution in [0.15, 0.2) is 18.2 Å². The number of hydrogen-bond acceptors (Lipinski definition) is 2. The van der Waals surface area contributed by atoms with Crippen LogP contribution in [0.1, 0.15) is 18.3 Å². The lowest BCUT2D eigenvalue weighted by Gasteiger charge is -2.04. The second-order valence-corrected chi connectivity index (χ2v) is 4.41. The van der Waals surface area contributed by atoms with Crippen molar-refractivity contribution in [3.05, 3.63) is 34.6 Å². The minimum Gasteiger partial charge on any atom is -0.478 e. The number of imidazole rings is 1. The highest BCUT2D eigenvalue weighted by Crippen LogP contribution is 2.26. The van der Waals surface area contributed by atoms with Crippen molar-refractivity contribution in [1.82, 2.24) is 9.55 Å². The topological polar surface area (TPSA) is 55.1 Å². The molecule has 0 aliphatic carbocycles. The van der Waals surface area contributed by atoms with E-state index in [0.29, 0.717) is 17.4 Å². The summed E-state index contributed by atoms with van der Waals surface area (Å²) in [5.41, 5.74) is 2.66. The highest BCUT2D eigenvalue weighted by Gasteiger charge is 2.11. The Kier molecular flexibility index (Phi) is 3.39. The number of fused-ring (bicyclic) bond motifs is 1. The van der Waals surface area contributed by atoms with Gasteiger partial charge in [0.2, 0.25) is 0 Å². The van der Waals surface area contributed by atoms with Crippen molar-refractivity contribution in [3.63, 3.8) is 0 Å². The molecule has 1 heterocycles. The van der Waals surface area contributed by atoms with Crippen LogP contribution in [0.25, 0.3) is 17.1 Å². The monoisotopic (exact) mass is 264 g/mol. The molecule has 0 atom stereocenters. The van der Waals surface area contributed by atoms with E-state index in [0.717, 1.165) is 22.7 Å². The molecule has 0 saturated heterocycles. The fraction of sp³-hybridized carbons (Fsp3) is 0.231. The van der Waals surface area contributed by atoms with Crippen LogP contribution in [-0.4, -0.2) is 20.6 Å². The van der Waals surface area contributed by atoms with E-state index >= 15 is 0 Å². The van der Waals surface area contributed by atoms with Crippen LogP contribution in [0.2, 0.25) is 5.02 Å². The molecule has 0 aliphatic heterocycles. The molecule has 94 valence electrons. The van der Waals surface area contributed by atoms with Gasteiger partial charge in [-0.2, -0.15) is 0 Å². The number of hydrogen-bond donors (Lipinski definition) is 1. The largest absolute Gasteiger partial charge is 0.478 e. The molecule has 0 unspecified atom stereocenters. The summed E-state index contributed by atoms with van der Waals surface area (Å²) in [5.74, 6) is -0.394. The molecule has 0 bridgehead atoms. The summed E-state index contributed by atoms with van der Waals surface area (Å²) in [4.78, 5) is 15.0. The molecular weight excluding hydrogens is 252 g/mol. The van der Waals surface area contributed by atoms with Crippen molar-refractivity contribution >= 4 is 34.7 Å². The third kappa shape index (κ3) is 2.24. The van der Waals surface area contributed by atoms with Crippen LogP contribution in [0.3, 0.4) is 0 Å². The van der Waals surface area contributed by atoms with E-state index < -0.39 is 5.97 Å². The summed E-state index contributed by atoms with van der Waals surface area (Å²) in [5, 5.41) is 9.30. The van der Waals surface area contributed by atoms with E-state index in [4.69, 9.17) is 16.7 Å². The number of benzene rings is 1. The molecule has 18 heavy (non-hydrogen) atoms. The molecule has 0 saturated carbocycles. The standard InChI is InChI=1S/C13H13ClN2O2/c1-3-16-11(4-5-12(17)18)15-10-7-8(2)6-9(14)13(10)16/h4-7H,3H2,1-2H3,(H,17,18)/b5-4+. The maximum atomic E-state index is 10.6. The lowest BCUT2D eigenvalue weighted by molar-refractivity contribution is -0.131. The maximum Gasteiger partial charge on any atom is 0.328 e. The van der Waals surface area contributed by atoms with E-state index in [-0.39, 0.29) is 0 Å². The van der Waals surface area contributed by atoms with Gasteiger partial charge < -0.3 is 9.67 Å². The number of carboxylic acid groups (broad SMARTS) is 1. The van der Waals surface area contributed by atoms with E-state index in [2.05, 4.69) is 4.98 Å². The van der Waals surface area contributed by atoms with Crippen molar-refractivity contribution in [2.45, 2.75) is 20.4 Å². The number of aryl methyl sites for hydroxylation is 2. The zero-order valence-corrected chi connectivity index (χ0v) is 10.9. The summed E-state index contributed by atoms with van der Waals surface area (Å²) < 4.78 is 1.90. The quantitative estimate of drug-likeness (QED) is 0.867. The molecule has 0 amide bonds. The minimum atomic E-state index is -0.994. The second kappa shape index (κ2) is 4.82. The Morgan fingerprint density at radius 2 is 2.28 bits per heavy atom. The van der Waals surface area contributed by atoms with Crippen molar-refractivity contribution in [3.8, 4) is 0 Å². The van der Waals surface area contributed by atoms with Gasteiger partial charge in [-0.15, -0.1) is 0 Å². The molecule has 1 aromatic heterocycles. The molecule has 0 aliphatic rings. The highest BCUT2D eigenvalue weighted by molar-refractivity contribution is 6.35. The van der Waals surface area contributed by atoms with Crippen molar-refractivity contribution in [1.29, 1.82) is 0 Å². The number of halogens is 1. The van der Waals surface area contributed by atoms with Crippen molar-refractivity contribution < 1.29 is 9.90 Å². The highest BCUT2D eigenvalue weighted by atomic mass is 35.5. The van der Waals surface area contributed by atoms with E-state index in [1.807, 2.05) is 30.5 Å². The fourth-order valence-electron chi connectivity index (χ4n) is 1.96. The average Bonchev–Trinajstić information content (AvgIpc) is 2.63. The van der Waals surface area contributed by atoms with Crippen LogP contribution in [0.4, 0.5) is 0 Å². The van der Waals surface area contributed by atoms with E-state index in [1.165, 1.54) is 6.08 Å². The SMILES string of the molecule is CCn1c(/C=C/C(=O)O)nc2cc(C)cc(Cl)c21. The zero-order valence-electron chi connectivity index (χ0n) is 10.1. The van der Waals surface area contributed by atoms with E-state index in [1.54, 1.807) is 0 Å². The average molecular weight is 265 g/mol. The Labute approximate surface area is 110 Å². The van der Waals surface area contributed by atoms with Gasteiger partial charge in [-0.3, -0.25) is 0 Å². The third-order valence-corrected chi connectivity index (χ3v) is 2.95. The summed E-state index contributed by atoms with van der Waals surface area (Å²) in [6.45, 7) is 4.59. The first kappa shape index (κ1) is 12.6. The van der Waals surface area contributed by atoms with Gasteiger partial charge in [0.1, 0.15) is 5.82 Å². The van der Waals surface area contributed by atoms with Crippen LogP contribution in [0, 0.1) is 6.92 Å². The van der Waals surface area contributed by atoms with Gasteiger partial charge in [0, 0.05) is 12.6 Å². The maximum absolute atomic E-state index is 10.6. The van der Waals surface area contributed by atoms with Gasteiger partial charge >= 0.3 is 5.97 Å². The van der Waals surface area contributed by atoms with Gasteiger partial charge in [-0.25, -0.2) is 9.78 Å². The Balaban J connectivity index is 2.68. The Morgan fingerprint density at radius 3 is 2.89 bits per heavy atom. The first-order chi connectivity index (χ1) is 8.52. The predicted octanol–water partition coefficient (Wildman–Crippen LogP) is 3.12. The third-order valence-electron chi connectivity index (χ3n) is 2.66. The lowest BCUT2D eigenvalue weighted by Crippen LogP contribution is -1.98. The molecular formula is C13H13ClN2O2. The Morgan fingerprint density at radius 1 is 1.56 bits per heavy atom. The molecule has 1 N–H and O–H groups in total. The zero-order chi connectivity index (χ0) is 13.3. The van der Waals surface area contributed by atoms with Gasteiger partial charge in [0.05, 0.1) is 16.1 Å². The summed E-state index contributed by atoms with van der Waals surface area (Å²) >= 11 is 6.22. The summed E-state index contributed by atoms with van der Waals surface area (Å²) in [6, 6.07) is 3.81. The van der Waals surface area contributed by atoms with Crippen molar-refractivity contribution in [2.24, 2.45) is 0 Å². The fourth-order valence-corrected chi connectivity index (χ4v) is 2.33. The van der Waals surface area contributed by atoms with Gasteiger partial charge in [0.15, 0.2) is 0 Å². The first-order valence-electron chi connectivity index (χ1n) is 5.60.